The van der Waals surface area contributed by atoms with E-state index in [1.54, 1.807) is 0 Å². The number of aryl methyl sites for hydroxylation is 3. The van der Waals surface area contributed by atoms with Crippen LogP contribution in [-0.4, -0.2) is 9.78 Å². The average Bonchev–Trinajstić information content (AvgIpc) is 2.81. The fourth-order valence-electron chi connectivity index (χ4n) is 1.99. The molecule has 2 aromatic rings. The van der Waals surface area contributed by atoms with Gasteiger partial charge in [-0.15, -0.1) is 0 Å². The van der Waals surface area contributed by atoms with Crippen LogP contribution in [0.3, 0.4) is 0 Å². The minimum Gasteiger partial charge on any atom is -0.465 e. The van der Waals surface area contributed by atoms with Gasteiger partial charge in [-0.25, -0.2) is 0 Å². The van der Waals surface area contributed by atoms with Gasteiger partial charge in [-0.3, -0.25) is 4.68 Å². The Bertz CT molecular complexity index is 498. The normalized spacial score (nSPS) is 12.9. The van der Waals surface area contributed by atoms with Crippen molar-refractivity contribution < 1.29 is 4.42 Å². The van der Waals surface area contributed by atoms with Crippen molar-refractivity contribution in [3.63, 3.8) is 0 Å². The van der Waals surface area contributed by atoms with Gasteiger partial charge in [-0.1, -0.05) is 0 Å². The van der Waals surface area contributed by atoms with E-state index in [-0.39, 0.29) is 6.04 Å². The summed E-state index contributed by atoms with van der Waals surface area (Å²) in [6.07, 6.45) is 2.06. The Morgan fingerprint density at radius 2 is 2.18 bits per heavy atom. The molecule has 0 aromatic carbocycles. The molecule has 0 fully saturated rings. The lowest BCUT2D eigenvalue weighted by Crippen LogP contribution is -2.18. The van der Waals surface area contributed by atoms with E-state index in [0.29, 0.717) is 0 Å². The van der Waals surface area contributed by atoms with E-state index in [1.165, 1.54) is 5.56 Å². The highest BCUT2D eigenvalue weighted by molar-refractivity contribution is 5.19. The van der Waals surface area contributed by atoms with Gasteiger partial charge in [0.25, 0.3) is 0 Å². The monoisotopic (exact) mass is 233 g/mol. The lowest BCUT2D eigenvalue weighted by atomic mass is 10.1. The Labute approximate surface area is 102 Å². The zero-order chi connectivity index (χ0) is 12.4. The lowest BCUT2D eigenvalue weighted by Gasteiger charge is -2.11. The molecule has 0 aliphatic carbocycles. The van der Waals surface area contributed by atoms with Crippen LogP contribution in [0.4, 0.5) is 0 Å². The molecule has 4 nitrogen and oxygen atoms in total. The van der Waals surface area contributed by atoms with E-state index < -0.39 is 0 Å². The van der Waals surface area contributed by atoms with Crippen LogP contribution in [-0.2, 0) is 13.6 Å². The average molecular weight is 233 g/mol. The Morgan fingerprint density at radius 1 is 1.41 bits per heavy atom. The summed E-state index contributed by atoms with van der Waals surface area (Å²) in [4.78, 5) is 0. The van der Waals surface area contributed by atoms with Crippen molar-refractivity contribution in [2.24, 2.45) is 7.05 Å². The molecule has 0 saturated heterocycles. The van der Waals surface area contributed by atoms with Crippen molar-refractivity contribution in [1.29, 1.82) is 0 Å². The van der Waals surface area contributed by atoms with Gasteiger partial charge in [0.15, 0.2) is 0 Å². The highest BCUT2D eigenvalue weighted by Crippen LogP contribution is 2.16. The summed E-state index contributed by atoms with van der Waals surface area (Å²) in [6, 6.07) is 4.26. The molecule has 1 N–H and O–H groups in total. The summed E-state index contributed by atoms with van der Waals surface area (Å²) >= 11 is 0. The van der Waals surface area contributed by atoms with Gasteiger partial charge in [0.2, 0.25) is 0 Å². The van der Waals surface area contributed by atoms with Crippen molar-refractivity contribution in [2.75, 3.05) is 0 Å². The minimum atomic E-state index is 0.272. The van der Waals surface area contributed by atoms with Crippen molar-refractivity contribution in [1.82, 2.24) is 15.1 Å². The van der Waals surface area contributed by atoms with Crippen LogP contribution >= 0.6 is 0 Å². The molecule has 0 amide bonds. The Morgan fingerprint density at radius 3 is 2.71 bits per heavy atom. The molecule has 4 heteroatoms. The van der Waals surface area contributed by atoms with Crippen LogP contribution < -0.4 is 5.32 Å². The SMILES string of the molecule is Cc1ccc(CNC(C)c2cn(C)nc2C)o1. The number of aromatic nitrogens is 2. The molecule has 0 spiro atoms. The first kappa shape index (κ1) is 11.9. The third kappa shape index (κ3) is 2.77. The zero-order valence-electron chi connectivity index (χ0n) is 10.8. The van der Waals surface area contributed by atoms with Crippen LogP contribution in [0.1, 0.15) is 35.7 Å². The van der Waals surface area contributed by atoms with E-state index in [4.69, 9.17) is 4.42 Å². The number of hydrogen-bond donors (Lipinski definition) is 1. The number of hydrogen-bond acceptors (Lipinski definition) is 3. The van der Waals surface area contributed by atoms with Crippen LogP contribution in [0.2, 0.25) is 0 Å². The van der Waals surface area contributed by atoms with Gasteiger partial charge >= 0.3 is 0 Å². The van der Waals surface area contributed by atoms with E-state index >= 15 is 0 Å². The lowest BCUT2D eigenvalue weighted by molar-refractivity contribution is 0.444. The summed E-state index contributed by atoms with van der Waals surface area (Å²) in [6.45, 7) is 6.87. The summed E-state index contributed by atoms with van der Waals surface area (Å²) in [5.74, 6) is 1.92. The predicted molar refractivity (Wildman–Crippen MR) is 66.6 cm³/mol. The molecule has 0 bridgehead atoms. The van der Waals surface area contributed by atoms with Gasteiger partial charge in [-0.05, 0) is 32.9 Å². The number of nitrogens with one attached hydrogen (secondary N) is 1. The maximum atomic E-state index is 5.52. The van der Waals surface area contributed by atoms with Crippen LogP contribution in [0.5, 0.6) is 0 Å². The number of rotatable bonds is 4. The third-order valence-electron chi connectivity index (χ3n) is 2.90. The smallest absolute Gasteiger partial charge is 0.117 e. The van der Waals surface area contributed by atoms with E-state index in [0.717, 1.165) is 23.8 Å². The first-order chi connectivity index (χ1) is 8.06. The van der Waals surface area contributed by atoms with Crippen LogP contribution in [0.15, 0.2) is 22.7 Å². The molecule has 0 aliphatic rings. The molecule has 2 aromatic heterocycles. The third-order valence-corrected chi connectivity index (χ3v) is 2.90. The maximum absolute atomic E-state index is 5.52. The number of nitrogens with zero attached hydrogens (tertiary/aromatic N) is 2. The summed E-state index contributed by atoms with van der Waals surface area (Å²) < 4.78 is 7.37. The molecule has 17 heavy (non-hydrogen) atoms. The van der Waals surface area contributed by atoms with Crippen LogP contribution in [0.25, 0.3) is 0 Å². The molecule has 1 unspecified atom stereocenters. The molecular formula is C13H19N3O. The molecule has 0 radical (unpaired) electrons. The molecule has 1 atom stereocenters. The largest absolute Gasteiger partial charge is 0.465 e. The van der Waals surface area contributed by atoms with E-state index in [1.807, 2.05) is 37.7 Å². The predicted octanol–water partition coefficient (Wildman–Crippen LogP) is 2.48. The number of furan rings is 1. The fraction of sp³-hybridized carbons (Fsp3) is 0.462. The second-order valence-electron chi connectivity index (χ2n) is 4.46. The molecule has 0 aliphatic heterocycles. The summed E-state index contributed by atoms with van der Waals surface area (Å²) in [5.41, 5.74) is 2.30. The van der Waals surface area contributed by atoms with Gasteiger partial charge in [0.05, 0.1) is 12.2 Å². The topological polar surface area (TPSA) is 43.0 Å². The highest BCUT2D eigenvalue weighted by Gasteiger charge is 2.11. The standard InChI is InChI=1S/C13H19N3O/c1-9-5-6-12(17-9)7-14-10(2)13-8-16(4)15-11(13)3/h5-6,8,10,14H,7H2,1-4H3. The maximum Gasteiger partial charge on any atom is 0.117 e. The van der Waals surface area contributed by atoms with E-state index in [2.05, 4.69) is 23.5 Å². The first-order valence-electron chi connectivity index (χ1n) is 5.85. The second kappa shape index (κ2) is 4.75. The van der Waals surface area contributed by atoms with Crippen LogP contribution in [0, 0.1) is 13.8 Å². The molecule has 0 saturated carbocycles. The molecule has 92 valence electrons. The van der Waals surface area contributed by atoms with Gasteiger partial charge < -0.3 is 9.73 Å². The van der Waals surface area contributed by atoms with Crippen molar-refractivity contribution in [2.45, 2.75) is 33.4 Å². The van der Waals surface area contributed by atoms with Crippen molar-refractivity contribution in [3.8, 4) is 0 Å². The fourth-order valence-corrected chi connectivity index (χ4v) is 1.99. The first-order valence-corrected chi connectivity index (χ1v) is 5.85. The molecule has 2 rings (SSSR count). The summed E-state index contributed by atoms with van der Waals surface area (Å²) in [7, 11) is 1.94. The molecule has 2 heterocycles. The van der Waals surface area contributed by atoms with Gasteiger partial charge in [-0.2, -0.15) is 5.10 Å². The quantitative estimate of drug-likeness (QED) is 0.882. The summed E-state index contributed by atoms with van der Waals surface area (Å²) in [5, 5.41) is 7.78. The van der Waals surface area contributed by atoms with Crippen molar-refractivity contribution >= 4 is 0 Å². The Balaban J connectivity index is 1.97. The molecular weight excluding hydrogens is 214 g/mol. The van der Waals surface area contributed by atoms with Crippen molar-refractivity contribution in [3.05, 3.63) is 41.1 Å². The highest BCUT2D eigenvalue weighted by atomic mass is 16.3. The second-order valence-corrected chi connectivity index (χ2v) is 4.46. The van der Waals surface area contributed by atoms with Gasteiger partial charge in [0.1, 0.15) is 11.5 Å². The Kier molecular flexibility index (Phi) is 3.33. The van der Waals surface area contributed by atoms with Gasteiger partial charge in [0, 0.05) is 24.8 Å². The zero-order valence-corrected chi connectivity index (χ0v) is 10.8. The Hall–Kier alpha value is -1.55. The minimum absolute atomic E-state index is 0.272. The van der Waals surface area contributed by atoms with E-state index in [9.17, 15) is 0 Å².